The van der Waals surface area contributed by atoms with E-state index in [0.29, 0.717) is 38.3 Å². The Morgan fingerprint density at radius 1 is 1.20 bits per heavy atom. The molecule has 110 valence electrons. The van der Waals surface area contributed by atoms with E-state index in [4.69, 9.17) is 5.14 Å². The quantitative estimate of drug-likeness (QED) is 0.617. The summed E-state index contributed by atoms with van der Waals surface area (Å²) in [4.78, 5) is 12.5. The predicted octanol–water partition coefficient (Wildman–Crippen LogP) is -0.0841. The minimum absolute atomic E-state index is 0.0846. The van der Waals surface area contributed by atoms with Gasteiger partial charge in [0.2, 0.25) is 0 Å². The van der Waals surface area contributed by atoms with Crippen molar-refractivity contribution < 1.29 is 13.3 Å². The first kappa shape index (κ1) is 14.9. The Hall–Kier alpha value is -1.55. The lowest BCUT2D eigenvalue weighted by atomic mass is 10.1. The van der Waals surface area contributed by atoms with E-state index in [1.807, 2.05) is 4.90 Å². The molecule has 0 aromatic heterocycles. The van der Waals surface area contributed by atoms with E-state index in [9.17, 15) is 18.5 Å². The van der Waals surface area contributed by atoms with Gasteiger partial charge in [0, 0.05) is 44.4 Å². The largest absolute Gasteiger partial charge is 0.296 e. The van der Waals surface area contributed by atoms with E-state index in [0.717, 1.165) is 0 Å². The minimum Gasteiger partial charge on any atom is -0.296 e. The summed E-state index contributed by atoms with van der Waals surface area (Å²) in [6.45, 7) is 2.04. The van der Waals surface area contributed by atoms with Crippen LogP contribution in [0.15, 0.2) is 24.3 Å². The molecule has 0 unspecified atom stereocenters. The molecule has 1 saturated heterocycles. The molecule has 0 atom stereocenters. The topological polar surface area (TPSA) is 110 Å². The van der Waals surface area contributed by atoms with Crippen LogP contribution in [0.2, 0.25) is 0 Å². The maximum Gasteiger partial charge on any atom is 0.276 e. The molecule has 9 heteroatoms. The molecular weight excluding hydrogens is 284 g/mol. The fraction of sp³-hybridized carbons (Fsp3) is 0.455. The van der Waals surface area contributed by atoms with E-state index < -0.39 is 15.1 Å². The molecule has 8 nitrogen and oxygen atoms in total. The van der Waals surface area contributed by atoms with Crippen molar-refractivity contribution in [1.82, 2.24) is 9.21 Å². The third-order valence-corrected chi connectivity index (χ3v) is 4.36. The van der Waals surface area contributed by atoms with Crippen LogP contribution in [-0.2, 0) is 16.8 Å². The zero-order valence-corrected chi connectivity index (χ0v) is 11.6. The highest BCUT2D eigenvalue weighted by atomic mass is 32.2. The molecule has 1 aromatic carbocycles. The van der Waals surface area contributed by atoms with Crippen molar-refractivity contribution in [2.75, 3.05) is 26.2 Å². The van der Waals surface area contributed by atoms with E-state index >= 15 is 0 Å². The SMILES string of the molecule is NS(=O)(=O)N1CCN(Cc2ccccc2[N+](=O)[O-])CC1. The summed E-state index contributed by atoms with van der Waals surface area (Å²) in [5.41, 5.74) is 0.711. The van der Waals surface area contributed by atoms with Crippen LogP contribution < -0.4 is 5.14 Å². The summed E-state index contributed by atoms with van der Waals surface area (Å²) >= 11 is 0. The second-order valence-corrected chi connectivity index (χ2v) is 6.15. The number of nitrogens with two attached hydrogens (primary N) is 1. The van der Waals surface area contributed by atoms with Crippen molar-refractivity contribution in [3.05, 3.63) is 39.9 Å². The van der Waals surface area contributed by atoms with Crippen molar-refractivity contribution in [2.45, 2.75) is 6.54 Å². The molecule has 2 N–H and O–H groups in total. The van der Waals surface area contributed by atoms with Gasteiger partial charge in [-0.2, -0.15) is 12.7 Å². The number of hydrogen-bond donors (Lipinski definition) is 1. The predicted molar refractivity (Wildman–Crippen MR) is 73.1 cm³/mol. The van der Waals surface area contributed by atoms with Gasteiger partial charge in [0.15, 0.2) is 0 Å². The molecule has 0 bridgehead atoms. The van der Waals surface area contributed by atoms with Crippen molar-refractivity contribution >= 4 is 15.9 Å². The third kappa shape index (κ3) is 3.51. The average Bonchev–Trinajstić information content (AvgIpc) is 2.38. The van der Waals surface area contributed by atoms with Gasteiger partial charge in [-0.15, -0.1) is 0 Å². The molecule has 2 rings (SSSR count). The van der Waals surface area contributed by atoms with Crippen LogP contribution in [0.3, 0.4) is 0 Å². The fourth-order valence-electron chi connectivity index (χ4n) is 2.21. The molecule has 0 aliphatic carbocycles. The van der Waals surface area contributed by atoms with Gasteiger partial charge < -0.3 is 0 Å². The zero-order valence-electron chi connectivity index (χ0n) is 10.8. The smallest absolute Gasteiger partial charge is 0.276 e. The van der Waals surface area contributed by atoms with Crippen molar-refractivity contribution in [1.29, 1.82) is 0 Å². The standard InChI is InChI=1S/C11H16N4O4S/c12-20(18,19)14-7-5-13(6-8-14)9-10-3-1-2-4-11(10)15(16)17/h1-4H,5-9H2,(H2,12,18,19). The fourth-order valence-corrected chi connectivity index (χ4v) is 2.88. The molecule has 1 heterocycles. The molecule has 20 heavy (non-hydrogen) atoms. The Morgan fingerprint density at radius 2 is 1.80 bits per heavy atom. The lowest BCUT2D eigenvalue weighted by molar-refractivity contribution is -0.385. The van der Waals surface area contributed by atoms with Gasteiger partial charge in [0.25, 0.3) is 15.9 Å². The van der Waals surface area contributed by atoms with E-state index in [-0.39, 0.29) is 5.69 Å². The van der Waals surface area contributed by atoms with Gasteiger partial charge in [0.05, 0.1) is 4.92 Å². The van der Waals surface area contributed by atoms with Crippen LogP contribution in [-0.4, -0.2) is 48.7 Å². The number of benzene rings is 1. The van der Waals surface area contributed by atoms with Gasteiger partial charge >= 0.3 is 0 Å². The van der Waals surface area contributed by atoms with Crippen LogP contribution in [0, 0.1) is 10.1 Å². The lowest BCUT2D eigenvalue weighted by Gasteiger charge is -2.32. The van der Waals surface area contributed by atoms with Gasteiger partial charge in [-0.1, -0.05) is 18.2 Å². The lowest BCUT2D eigenvalue weighted by Crippen LogP contribution is -2.50. The molecule has 1 fully saturated rings. The molecule has 0 radical (unpaired) electrons. The van der Waals surface area contributed by atoms with Crippen LogP contribution in [0.1, 0.15) is 5.56 Å². The summed E-state index contributed by atoms with van der Waals surface area (Å²) in [6.07, 6.45) is 0. The molecular formula is C11H16N4O4S. The van der Waals surface area contributed by atoms with Crippen molar-refractivity contribution in [3.8, 4) is 0 Å². The summed E-state index contributed by atoms with van der Waals surface area (Å²) in [5, 5.41) is 16.0. The number of nitrogens with zero attached hydrogens (tertiary/aromatic N) is 3. The highest BCUT2D eigenvalue weighted by Gasteiger charge is 2.25. The van der Waals surface area contributed by atoms with Gasteiger partial charge in [0.1, 0.15) is 0 Å². The first-order valence-corrected chi connectivity index (χ1v) is 7.61. The van der Waals surface area contributed by atoms with Crippen LogP contribution in [0.25, 0.3) is 0 Å². The van der Waals surface area contributed by atoms with Gasteiger partial charge in [-0.25, -0.2) is 5.14 Å². The van der Waals surface area contributed by atoms with Gasteiger partial charge in [-0.3, -0.25) is 15.0 Å². The summed E-state index contributed by atoms with van der Waals surface area (Å²) in [6, 6.07) is 6.56. The third-order valence-electron chi connectivity index (χ3n) is 3.27. The minimum atomic E-state index is -3.65. The Morgan fingerprint density at radius 3 is 2.35 bits per heavy atom. The monoisotopic (exact) mass is 300 g/mol. The maximum absolute atomic E-state index is 11.2. The highest BCUT2D eigenvalue weighted by Crippen LogP contribution is 2.20. The second kappa shape index (κ2) is 5.83. The van der Waals surface area contributed by atoms with Crippen LogP contribution >= 0.6 is 0 Å². The van der Waals surface area contributed by atoms with Crippen molar-refractivity contribution in [3.63, 3.8) is 0 Å². The second-order valence-electron chi connectivity index (χ2n) is 4.61. The Labute approximate surface area is 117 Å². The first-order valence-electron chi connectivity index (χ1n) is 6.10. The molecule has 0 spiro atoms. The Bertz CT molecular complexity index is 596. The zero-order chi connectivity index (χ0) is 14.8. The number of para-hydroxylation sites is 1. The summed E-state index contributed by atoms with van der Waals surface area (Å²) in [5.74, 6) is 0. The molecule has 0 amide bonds. The summed E-state index contributed by atoms with van der Waals surface area (Å²) < 4.78 is 23.6. The molecule has 1 aliphatic rings. The molecule has 1 aromatic rings. The molecule has 1 aliphatic heterocycles. The maximum atomic E-state index is 11.2. The number of nitro benzene ring substituents is 1. The van der Waals surface area contributed by atoms with E-state index in [1.165, 1.54) is 10.4 Å². The van der Waals surface area contributed by atoms with Gasteiger partial charge in [-0.05, 0) is 0 Å². The molecule has 0 saturated carbocycles. The number of hydrogen-bond acceptors (Lipinski definition) is 5. The first-order chi connectivity index (χ1) is 9.38. The van der Waals surface area contributed by atoms with E-state index in [2.05, 4.69) is 0 Å². The van der Waals surface area contributed by atoms with Crippen molar-refractivity contribution in [2.24, 2.45) is 5.14 Å². The highest BCUT2D eigenvalue weighted by molar-refractivity contribution is 7.86. The Balaban J connectivity index is 2.02. The van der Waals surface area contributed by atoms with Crippen LogP contribution in [0.5, 0.6) is 0 Å². The number of nitro groups is 1. The number of rotatable bonds is 4. The Kier molecular flexibility index (Phi) is 4.33. The van der Waals surface area contributed by atoms with Crippen LogP contribution in [0.4, 0.5) is 5.69 Å². The van der Waals surface area contributed by atoms with E-state index in [1.54, 1.807) is 18.2 Å². The average molecular weight is 300 g/mol. The normalized spacial score (nSPS) is 18.1. The summed E-state index contributed by atoms with van der Waals surface area (Å²) in [7, 11) is -3.65. The number of piperazine rings is 1.